The molecule has 0 saturated carbocycles. The summed E-state index contributed by atoms with van der Waals surface area (Å²) >= 11 is 1.17. The number of hydrogen-bond acceptors (Lipinski definition) is 9. The minimum atomic E-state index is -0.544. The van der Waals surface area contributed by atoms with E-state index in [0.717, 1.165) is 5.56 Å². The first-order valence-electron chi connectivity index (χ1n) is 9.71. The molecule has 2 heterocycles. The van der Waals surface area contributed by atoms with Gasteiger partial charge in [0.1, 0.15) is 0 Å². The standard InChI is InChI=1S/C21H22N4O6S/c1-3-25-19(16-5-4-10-30-16)23-24-21(25)32-13-18(27)31-12-17(26)22-11-14-6-8-15(9-7-14)20(28)29-2/h4-10H,3,11-13H2,1-2H3,(H,22,26). The molecule has 3 aromatic rings. The van der Waals surface area contributed by atoms with Crippen LogP contribution in [0.2, 0.25) is 0 Å². The number of carbonyl (C=O) groups excluding carboxylic acids is 3. The molecule has 0 fully saturated rings. The average Bonchev–Trinajstić information content (AvgIpc) is 3.49. The third-order valence-electron chi connectivity index (χ3n) is 4.32. The van der Waals surface area contributed by atoms with Gasteiger partial charge in [-0.25, -0.2) is 4.79 Å². The average molecular weight is 458 g/mol. The van der Waals surface area contributed by atoms with E-state index < -0.39 is 24.5 Å². The maximum Gasteiger partial charge on any atom is 0.337 e. The molecule has 10 nitrogen and oxygen atoms in total. The maximum atomic E-state index is 12.0. The number of thioether (sulfide) groups is 1. The van der Waals surface area contributed by atoms with Crippen LogP contribution in [0.3, 0.4) is 0 Å². The lowest BCUT2D eigenvalue weighted by Gasteiger charge is -2.08. The van der Waals surface area contributed by atoms with E-state index in [9.17, 15) is 14.4 Å². The minimum Gasteiger partial charge on any atom is -0.465 e. The van der Waals surface area contributed by atoms with Crippen molar-refractivity contribution < 1.29 is 28.3 Å². The predicted molar refractivity (Wildman–Crippen MR) is 115 cm³/mol. The van der Waals surface area contributed by atoms with Gasteiger partial charge in [0.25, 0.3) is 5.91 Å². The van der Waals surface area contributed by atoms with Crippen LogP contribution in [-0.2, 0) is 32.2 Å². The Kier molecular flexibility index (Phi) is 8.03. The summed E-state index contributed by atoms with van der Waals surface area (Å²) < 4.78 is 16.8. The van der Waals surface area contributed by atoms with Crippen LogP contribution in [0.15, 0.2) is 52.2 Å². The van der Waals surface area contributed by atoms with Crippen LogP contribution in [0.5, 0.6) is 0 Å². The number of benzene rings is 1. The Labute approximate surface area is 188 Å². The Bertz CT molecular complexity index is 1060. The van der Waals surface area contributed by atoms with Crippen molar-refractivity contribution in [2.45, 2.75) is 25.2 Å². The second kappa shape index (κ2) is 11.1. The molecule has 2 aromatic heterocycles. The molecule has 0 atom stereocenters. The third kappa shape index (κ3) is 5.97. The summed E-state index contributed by atoms with van der Waals surface area (Å²) in [7, 11) is 1.31. The fraction of sp³-hybridized carbons (Fsp3) is 0.286. The molecule has 0 unspecified atom stereocenters. The monoisotopic (exact) mass is 458 g/mol. The molecule has 1 aromatic carbocycles. The van der Waals surface area contributed by atoms with Crippen molar-refractivity contribution in [3.8, 4) is 11.6 Å². The van der Waals surface area contributed by atoms with E-state index in [2.05, 4.69) is 20.3 Å². The maximum absolute atomic E-state index is 12.0. The molecule has 0 aliphatic rings. The summed E-state index contributed by atoms with van der Waals surface area (Å²) in [5, 5.41) is 11.4. The summed E-state index contributed by atoms with van der Waals surface area (Å²) in [4.78, 5) is 35.4. The summed E-state index contributed by atoms with van der Waals surface area (Å²) in [6.45, 7) is 2.38. The number of nitrogens with zero attached hydrogens (tertiary/aromatic N) is 3. The molecule has 32 heavy (non-hydrogen) atoms. The molecule has 1 amide bonds. The SMILES string of the molecule is CCn1c(SCC(=O)OCC(=O)NCc2ccc(C(=O)OC)cc2)nnc1-c1ccco1. The first kappa shape index (κ1) is 23.1. The fourth-order valence-electron chi connectivity index (χ4n) is 2.71. The lowest BCUT2D eigenvalue weighted by atomic mass is 10.1. The van der Waals surface area contributed by atoms with E-state index in [1.165, 1.54) is 18.9 Å². The Morgan fingerprint density at radius 3 is 2.59 bits per heavy atom. The van der Waals surface area contributed by atoms with Gasteiger partial charge in [0.15, 0.2) is 23.3 Å². The van der Waals surface area contributed by atoms with Crippen molar-refractivity contribution >= 4 is 29.6 Å². The smallest absolute Gasteiger partial charge is 0.337 e. The molecular formula is C21H22N4O6S. The molecule has 1 N–H and O–H groups in total. The van der Waals surface area contributed by atoms with Crippen molar-refractivity contribution in [1.29, 1.82) is 0 Å². The number of hydrogen-bond donors (Lipinski definition) is 1. The molecule has 11 heteroatoms. The highest BCUT2D eigenvalue weighted by Gasteiger charge is 2.17. The molecule has 168 valence electrons. The Morgan fingerprint density at radius 1 is 1.16 bits per heavy atom. The summed E-state index contributed by atoms with van der Waals surface area (Å²) in [6, 6.07) is 10.2. The number of amides is 1. The molecular weight excluding hydrogens is 436 g/mol. The van der Waals surface area contributed by atoms with E-state index in [0.29, 0.717) is 28.8 Å². The first-order chi connectivity index (χ1) is 15.5. The van der Waals surface area contributed by atoms with Crippen LogP contribution in [0, 0.1) is 0 Å². The van der Waals surface area contributed by atoms with Crippen LogP contribution in [0.1, 0.15) is 22.8 Å². The molecule has 0 spiro atoms. The van der Waals surface area contributed by atoms with Gasteiger partial charge in [-0.15, -0.1) is 10.2 Å². The number of furan rings is 1. The van der Waals surface area contributed by atoms with E-state index in [1.807, 2.05) is 11.5 Å². The van der Waals surface area contributed by atoms with Crippen LogP contribution in [0.25, 0.3) is 11.6 Å². The Balaban J connectivity index is 1.41. The normalized spacial score (nSPS) is 10.6. The van der Waals surface area contributed by atoms with Crippen molar-refractivity contribution in [1.82, 2.24) is 20.1 Å². The second-order valence-electron chi connectivity index (χ2n) is 6.44. The third-order valence-corrected chi connectivity index (χ3v) is 5.26. The number of nitrogens with one attached hydrogen (secondary N) is 1. The van der Waals surface area contributed by atoms with E-state index in [4.69, 9.17) is 9.15 Å². The van der Waals surface area contributed by atoms with Crippen molar-refractivity contribution in [3.63, 3.8) is 0 Å². The molecule has 3 rings (SSSR count). The van der Waals surface area contributed by atoms with Gasteiger partial charge in [0.2, 0.25) is 0 Å². The summed E-state index contributed by atoms with van der Waals surface area (Å²) in [6.07, 6.45) is 1.55. The molecule has 0 bridgehead atoms. The lowest BCUT2D eigenvalue weighted by Crippen LogP contribution is -2.28. The van der Waals surface area contributed by atoms with E-state index >= 15 is 0 Å². The van der Waals surface area contributed by atoms with Gasteiger partial charge in [0.05, 0.1) is 24.7 Å². The Morgan fingerprint density at radius 2 is 1.94 bits per heavy atom. The van der Waals surface area contributed by atoms with Crippen LogP contribution in [0.4, 0.5) is 0 Å². The van der Waals surface area contributed by atoms with Crippen LogP contribution in [-0.4, -0.2) is 52.1 Å². The van der Waals surface area contributed by atoms with Gasteiger partial charge >= 0.3 is 11.9 Å². The highest BCUT2D eigenvalue weighted by molar-refractivity contribution is 7.99. The van der Waals surface area contributed by atoms with Crippen LogP contribution < -0.4 is 5.32 Å². The highest BCUT2D eigenvalue weighted by atomic mass is 32.2. The van der Waals surface area contributed by atoms with Crippen molar-refractivity contribution in [3.05, 3.63) is 53.8 Å². The lowest BCUT2D eigenvalue weighted by molar-refractivity contribution is -0.145. The van der Waals surface area contributed by atoms with Gasteiger partial charge in [-0.1, -0.05) is 23.9 Å². The van der Waals surface area contributed by atoms with Gasteiger partial charge in [-0.2, -0.15) is 0 Å². The first-order valence-corrected chi connectivity index (χ1v) is 10.7. The van der Waals surface area contributed by atoms with Gasteiger partial charge < -0.3 is 19.2 Å². The van der Waals surface area contributed by atoms with Crippen LogP contribution >= 0.6 is 11.8 Å². The molecule has 0 radical (unpaired) electrons. The number of methoxy groups -OCH3 is 1. The zero-order chi connectivity index (χ0) is 22.9. The second-order valence-corrected chi connectivity index (χ2v) is 7.38. The number of carbonyl (C=O) groups is 3. The van der Waals surface area contributed by atoms with Gasteiger partial charge in [-0.3, -0.25) is 14.2 Å². The van der Waals surface area contributed by atoms with Crippen molar-refractivity contribution in [2.24, 2.45) is 0 Å². The number of aromatic nitrogens is 3. The summed E-state index contributed by atoms with van der Waals surface area (Å²) in [5.74, 6) is -0.258. The molecule has 0 aliphatic heterocycles. The van der Waals surface area contributed by atoms with E-state index in [1.54, 1.807) is 42.7 Å². The molecule has 0 aliphatic carbocycles. The van der Waals surface area contributed by atoms with Crippen molar-refractivity contribution in [2.75, 3.05) is 19.5 Å². The number of ether oxygens (including phenoxy) is 2. The summed E-state index contributed by atoms with van der Waals surface area (Å²) in [5.41, 5.74) is 1.21. The molecule has 0 saturated heterocycles. The zero-order valence-corrected chi connectivity index (χ0v) is 18.4. The van der Waals surface area contributed by atoms with Gasteiger partial charge in [-0.05, 0) is 36.8 Å². The minimum absolute atomic E-state index is 0.0153. The Hall–Kier alpha value is -3.60. The van der Waals surface area contributed by atoms with E-state index in [-0.39, 0.29) is 12.3 Å². The fourth-order valence-corrected chi connectivity index (χ4v) is 3.51. The zero-order valence-electron chi connectivity index (χ0n) is 17.6. The topological polar surface area (TPSA) is 126 Å². The number of esters is 2. The quantitative estimate of drug-likeness (QED) is 0.360. The predicted octanol–water partition coefficient (Wildman–Crippen LogP) is 2.30. The number of rotatable bonds is 10. The highest BCUT2D eigenvalue weighted by Crippen LogP contribution is 2.24. The largest absolute Gasteiger partial charge is 0.465 e. The van der Waals surface area contributed by atoms with Gasteiger partial charge in [0, 0.05) is 13.1 Å².